The van der Waals surface area contributed by atoms with Crippen LogP contribution in [0.1, 0.15) is 69.7 Å². The summed E-state index contributed by atoms with van der Waals surface area (Å²) in [6, 6.07) is 10.1. The topological polar surface area (TPSA) is 58.1 Å². The van der Waals surface area contributed by atoms with Crippen LogP contribution in [0.3, 0.4) is 0 Å². The molecule has 1 aliphatic rings. The first-order valence-corrected chi connectivity index (χ1v) is 10.5. The Hall–Kier alpha value is -2.43. The van der Waals surface area contributed by atoms with E-state index in [1.54, 1.807) is 12.4 Å². The van der Waals surface area contributed by atoms with Crippen LogP contribution < -0.4 is 5.32 Å². The third kappa shape index (κ3) is 5.78. The quantitative estimate of drug-likeness (QED) is 0.726. The van der Waals surface area contributed by atoms with E-state index < -0.39 is 0 Å². The second kappa shape index (κ2) is 10.2. The Morgan fingerprint density at radius 1 is 1.14 bits per heavy atom. The van der Waals surface area contributed by atoms with Crippen molar-refractivity contribution in [1.29, 1.82) is 0 Å². The Kier molecular flexibility index (Phi) is 7.40. The largest absolute Gasteiger partial charge is 0.331 e. The fraction of sp³-hybridized carbons (Fsp3) is 0.522. The number of pyridine rings is 2. The molecule has 1 fully saturated rings. The van der Waals surface area contributed by atoms with Crippen LogP contribution in [0.25, 0.3) is 0 Å². The number of nitrogens with one attached hydrogen (secondary N) is 1. The van der Waals surface area contributed by atoms with Crippen LogP contribution in [0.5, 0.6) is 0 Å². The average Bonchev–Trinajstić information content (AvgIpc) is 2.73. The van der Waals surface area contributed by atoms with E-state index in [-0.39, 0.29) is 18.1 Å². The molecule has 1 aliphatic carbocycles. The van der Waals surface area contributed by atoms with E-state index in [0.29, 0.717) is 12.5 Å². The molecule has 0 aromatic carbocycles. The molecule has 0 bridgehead atoms. The maximum absolute atomic E-state index is 13.4. The third-order valence-corrected chi connectivity index (χ3v) is 5.43. The van der Waals surface area contributed by atoms with Crippen molar-refractivity contribution in [1.82, 2.24) is 20.2 Å². The summed E-state index contributed by atoms with van der Waals surface area (Å²) in [5, 5.41) is 3.30. The standard InChI is InChI=1S/C23H32N4O/c1-18(2)15-22(19-9-8-13-24-16-19)26-23(28)27(21-11-4-3-5-12-21)17-20-10-6-7-14-25-20/h6-10,13-14,16,18,21-22H,3-5,11-12,15,17H2,1-2H3,(H,26,28)/t22-/m1/s1. The molecule has 2 aromatic rings. The highest BCUT2D eigenvalue weighted by atomic mass is 16.2. The highest BCUT2D eigenvalue weighted by Gasteiger charge is 2.28. The minimum absolute atomic E-state index is 0.00653. The summed E-state index contributed by atoms with van der Waals surface area (Å²) in [6.07, 6.45) is 12.1. The number of nitrogens with zero attached hydrogens (tertiary/aromatic N) is 3. The minimum atomic E-state index is -0.0315. The SMILES string of the molecule is CC(C)C[C@@H](NC(=O)N(Cc1ccccn1)C1CCCCC1)c1cccnc1. The molecule has 0 unspecified atom stereocenters. The molecular weight excluding hydrogens is 348 g/mol. The second-order valence-electron chi connectivity index (χ2n) is 8.16. The van der Waals surface area contributed by atoms with Gasteiger partial charge in [-0.2, -0.15) is 0 Å². The first kappa shape index (κ1) is 20.3. The van der Waals surface area contributed by atoms with Crippen molar-refractivity contribution in [3.05, 3.63) is 60.2 Å². The van der Waals surface area contributed by atoms with Gasteiger partial charge in [-0.3, -0.25) is 9.97 Å². The van der Waals surface area contributed by atoms with Gasteiger partial charge in [0.05, 0.1) is 18.3 Å². The van der Waals surface area contributed by atoms with Gasteiger partial charge in [0.25, 0.3) is 0 Å². The predicted octanol–water partition coefficient (Wildman–Crippen LogP) is 5.11. The van der Waals surface area contributed by atoms with Gasteiger partial charge in [-0.15, -0.1) is 0 Å². The number of amides is 2. The van der Waals surface area contributed by atoms with E-state index in [1.165, 1.54) is 19.3 Å². The summed E-state index contributed by atoms with van der Waals surface area (Å²) >= 11 is 0. The van der Waals surface area contributed by atoms with Crippen molar-refractivity contribution in [3.8, 4) is 0 Å². The van der Waals surface area contributed by atoms with Gasteiger partial charge in [0.1, 0.15) is 0 Å². The molecule has 2 aromatic heterocycles. The van der Waals surface area contributed by atoms with Crippen molar-refractivity contribution < 1.29 is 4.79 Å². The zero-order valence-corrected chi connectivity index (χ0v) is 17.1. The highest BCUT2D eigenvalue weighted by molar-refractivity contribution is 5.75. The van der Waals surface area contributed by atoms with E-state index in [1.807, 2.05) is 41.4 Å². The number of urea groups is 1. The first-order chi connectivity index (χ1) is 13.6. The summed E-state index contributed by atoms with van der Waals surface area (Å²) in [5.41, 5.74) is 2.00. The van der Waals surface area contributed by atoms with Crippen molar-refractivity contribution in [2.45, 2.75) is 71.0 Å². The molecule has 5 nitrogen and oxygen atoms in total. The summed E-state index contributed by atoms with van der Waals surface area (Å²) in [4.78, 5) is 24.1. The van der Waals surface area contributed by atoms with Crippen LogP contribution in [-0.2, 0) is 6.54 Å². The van der Waals surface area contributed by atoms with Gasteiger partial charge >= 0.3 is 6.03 Å². The van der Waals surface area contributed by atoms with Crippen LogP contribution in [0.15, 0.2) is 48.9 Å². The minimum Gasteiger partial charge on any atom is -0.331 e. The van der Waals surface area contributed by atoms with E-state index in [0.717, 1.165) is 30.5 Å². The summed E-state index contributed by atoms with van der Waals surface area (Å²) < 4.78 is 0. The molecular formula is C23H32N4O. The zero-order chi connectivity index (χ0) is 19.8. The zero-order valence-electron chi connectivity index (χ0n) is 17.1. The Labute approximate surface area is 168 Å². The van der Waals surface area contributed by atoms with E-state index in [4.69, 9.17) is 0 Å². The molecule has 0 aliphatic heterocycles. The normalized spacial score (nSPS) is 16.0. The molecule has 28 heavy (non-hydrogen) atoms. The first-order valence-electron chi connectivity index (χ1n) is 10.5. The molecule has 1 atom stereocenters. The number of rotatable bonds is 7. The lowest BCUT2D eigenvalue weighted by Gasteiger charge is -2.35. The average molecular weight is 381 g/mol. The predicted molar refractivity (Wildman–Crippen MR) is 112 cm³/mol. The van der Waals surface area contributed by atoms with Crippen LogP contribution in [0.2, 0.25) is 0 Å². The van der Waals surface area contributed by atoms with E-state index >= 15 is 0 Å². The van der Waals surface area contributed by atoms with Crippen molar-refractivity contribution in [3.63, 3.8) is 0 Å². The number of hydrogen-bond acceptors (Lipinski definition) is 3. The van der Waals surface area contributed by atoms with Crippen LogP contribution in [0.4, 0.5) is 4.79 Å². The van der Waals surface area contributed by atoms with Gasteiger partial charge in [0.2, 0.25) is 0 Å². The molecule has 0 saturated heterocycles. The lowest BCUT2D eigenvalue weighted by molar-refractivity contribution is 0.145. The fourth-order valence-electron chi connectivity index (χ4n) is 3.99. The lowest BCUT2D eigenvalue weighted by Crippen LogP contribution is -2.47. The molecule has 0 spiro atoms. The van der Waals surface area contributed by atoms with Crippen molar-refractivity contribution >= 4 is 6.03 Å². The van der Waals surface area contributed by atoms with E-state index in [2.05, 4.69) is 29.1 Å². The summed E-state index contributed by atoms with van der Waals surface area (Å²) in [6.45, 7) is 4.92. The second-order valence-corrected chi connectivity index (χ2v) is 8.16. The lowest BCUT2D eigenvalue weighted by atomic mass is 9.94. The Morgan fingerprint density at radius 3 is 2.61 bits per heavy atom. The number of aromatic nitrogens is 2. The number of carbonyl (C=O) groups is 1. The van der Waals surface area contributed by atoms with Crippen molar-refractivity contribution in [2.75, 3.05) is 0 Å². The van der Waals surface area contributed by atoms with Crippen LogP contribution in [0, 0.1) is 5.92 Å². The van der Waals surface area contributed by atoms with Gasteiger partial charge < -0.3 is 10.2 Å². The molecule has 1 N–H and O–H groups in total. The summed E-state index contributed by atoms with van der Waals surface area (Å²) in [5.74, 6) is 0.476. The molecule has 0 radical (unpaired) electrons. The molecule has 1 saturated carbocycles. The number of hydrogen-bond donors (Lipinski definition) is 1. The molecule has 2 amide bonds. The highest BCUT2D eigenvalue weighted by Crippen LogP contribution is 2.26. The molecule has 3 rings (SSSR count). The Balaban J connectivity index is 1.78. The monoisotopic (exact) mass is 380 g/mol. The molecule has 150 valence electrons. The van der Waals surface area contributed by atoms with E-state index in [9.17, 15) is 4.79 Å². The Bertz CT molecular complexity index is 714. The molecule has 5 heteroatoms. The van der Waals surface area contributed by atoms with Gasteiger partial charge in [-0.1, -0.05) is 45.2 Å². The van der Waals surface area contributed by atoms with Gasteiger partial charge in [0, 0.05) is 24.6 Å². The summed E-state index contributed by atoms with van der Waals surface area (Å²) in [7, 11) is 0. The third-order valence-electron chi connectivity index (χ3n) is 5.43. The smallest absolute Gasteiger partial charge is 0.318 e. The maximum atomic E-state index is 13.4. The van der Waals surface area contributed by atoms with Crippen LogP contribution >= 0.6 is 0 Å². The maximum Gasteiger partial charge on any atom is 0.318 e. The van der Waals surface area contributed by atoms with Gasteiger partial charge in [0.15, 0.2) is 0 Å². The van der Waals surface area contributed by atoms with Crippen molar-refractivity contribution in [2.24, 2.45) is 5.92 Å². The van der Waals surface area contributed by atoms with Gasteiger partial charge in [-0.05, 0) is 48.9 Å². The number of carbonyl (C=O) groups excluding carboxylic acids is 1. The Morgan fingerprint density at radius 2 is 1.96 bits per heavy atom. The van der Waals surface area contributed by atoms with Gasteiger partial charge in [-0.25, -0.2) is 4.79 Å². The fourth-order valence-corrected chi connectivity index (χ4v) is 3.99. The molecule has 2 heterocycles. The van der Waals surface area contributed by atoms with Crippen LogP contribution in [-0.4, -0.2) is 26.9 Å².